The van der Waals surface area contributed by atoms with E-state index in [4.69, 9.17) is 0 Å². The van der Waals surface area contributed by atoms with Crippen LogP contribution in [0.3, 0.4) is 0 Å². The molecule has 0 bridgehead atoms. The summed E-state index contributed by atoms with van der Waals surface area (Å²) in [4.78, 5) is 34.9. The van der Waals surface area contributed by atoms with E-state index in [1.807, 2.05) is 11.6 Å². The molecule has 0 radical (unpaired) electrons. The van der Waals surface area contributed by atoms with E-state index in [0.29, 0.717) is 24.2 Å². The maximum atomic E-state index is 12.4. The number of imide groups is 1. The molecule has 158 valence electrons. The van der Waals surface area contributed by atoms with Crippen molar-refractivity contribution < 1.29 is 9.59 Å². The molecule has 9 nitrogen and oxygen atoms in total. The number of amides is 2. The molecule has 1 aromatic carbocycles. The summed E-state index contributed by atoms with van der Waals surface area (Å²) < 4.78 is 1.96. The first-order chi connectivity index (χ1) is 14.6. The van der Waals surface area contributed by atoms with Gasteiger partial charge in [-0.1, -0.05) is 12.1 Å². The minimum atomic E-state index is -0.193. The number of nitrogens with zero attached hydrogens (tertiary/aromatic N) is 5. The molecule has 0 spiro atoms. The largest absolute Gasteiger partial charge is 0.356 e. The van der Waals surface area contributed by atoms with Crippen LogP contribution in [0.5, 0.6) is 0 Å². The Balaban J connectivity index is 1.19. The lowest BCUT2D eigenvalue weighted by Gasteiger charge is -2.25. The van der Waals surface area contributed by atoms with Crippen LogP contribution in [-0.2, 0) is 13.0 Å². The molecule has 2 amide bonds. The third kappa shape index (κ3) is 4.05. The van der Waals surface area contributed by atoms with Gasteiger partial charge in [0, 0.05) is 32.6 Å². The SMILES string of the molecule is CN=C(NCCCCN1C(=O)c2ccccc2C1=O)NC1CCc2nc(C)nn2C1. The van der Waals surface area contributed by atoms with Gasteiger partial charge in [-0.05, 0) is 38.3 Å². The standard InChI is InChI=1S/C21H27N7O2/c1-14-24-18-10-9-15(13-28(18)26-14)25-21(22-2)23-11-5-6-12-27-19(29)16-7-3-4-8-17(16)20(27)30/h3-4,7-8,15H,5-6,9-13H2,1-2H3,(H2,22,23,25). The van der Waals surface area contributed by atoms with Crippen molar-refractivity contribution in [2.75, 3.05) is 20.1 Å². The average molecular weight is 409 g/mol. The van der Waals surface area contributed by atoms with E-state index in [1.165, 1.54) is 4.90 Å². The molecule has 0 aliphatic carbocycles. The van der Waals surface area contributed by atoms with Crippen LogP contribution in [0.1, 0.15) is 51.6 Å². The summed E-state index contributed by atoms with van der Waals surface area (Å²) in [5, 5.41) is 11.2. The van der Waals surface area contributed by atoms with Crippen LogP contribution in [0.15, 0.2) is 29.3 Å². The van der Waals surface area contributed by atoms with Crippen molar-refractivity contribution in [3.05, 3.63) is 47.0 Å². The number of benzene rings is 1. The molecule has 2 N–H and O–H groups in total. The molecule has 0 saturated heterocycles. The molecule has 2 aromatic rings. The number of fused-ring (bicyclic) bond motifs is 2. The number of guanidine groups is 1. The molecule has 9 heteroatoms. The first-order valence-corrected chi connectivity index (χ1v) is 10.4. The minimum absolute atomic E-state index is 0.193. The Kier molecular flexibility index (Phi) is 5.78. The maximum absolute atomic E-state index is 12.4. The van der Waals surface area contributed by atoms with Crippen molar-refractivity contribution in [2.24, 2.45) is 4.99 Å². The molecular formula is C21H27N7O2. The van der Waals surface area contributed by atoms with Crippen molar-refractivity contribution in [2.45, 2.75) is 45.2 Å². The van der Waals surface area contributed by atoms with E-state index in [1.54, 1.807) is 31.3 Å². The fourth-order valence-corrected chi connectivity index (χ4v) is 3.98. The first kappa shape index (κ1) is 20.1. The molecule has 3 heterocycles. The molecule has 1 aromatic heterocycles. The number of aromatic nitrogens is 3. The Morgan fingerprint density at radius 2 is 1.93 bits per heavy atom. The summed E-state index contributed by atoms with van der Waals surface area (Å²) in [6.45, 7) is 3.83. The number of hydrogen-bond donors (Lipinski definition) is 2. The first-order valence-electron chi connectivity index (χ1n) is 10.4. The predicted octanol–water partition coefficient (Wildman–Crippen LogP) is 1.14. The van der Waals surface area contributed by atoms with E-state index in [0.717, 1.165) is 49.8 Å². The molecular weight excluding hydrogens is 382 g/mol. The molecule has 30 heavy (non-hydrogen) atoms. The maximum Gasteiger partial charge on any atom is 0.261 e. The monoisotopic (exact) mass is 409 g/mol. The second-order valence-corrected chi connectivity index (χ2v) is 7.65. The van der Waals surface area contributed by atoms with Gasteiger partial charge in [-0.2, -0.15) is 5.10 Å². The average Bonchev–Trinajstić information content (AvgIpc) is 3.24. The second-order valence-electron chi connectivity index (χ2n) is 7.65. The number of hydrogen-bond acceptors (Lipinski definition) is 5. The lowest BCUT2D eigenvalue weighted by molar-refractivity contribution is 0.0652. The van der Waals surface area contributed by atoms with Crippen LogP contribution in [0.2, 0.25) is 0 Å². The van der Waals surface area contributed by atoms with Crippen LogP contribution >= 0.6 is 0 Å². The Morgan fingerprint density at radius 3 is 2.63 bits per heavy atom. The molecule has 2 aliphatic heterocycles. The topological polar surface area (TPSA) is 105 Å². The van der Waals surface area contributed by atoms with Gasteiger partial charge in [0.05, 0.1) is 17.7 Å². The summed E-state index contributed by atoms with van der Waals surface area (Å²) in [5.41, 5.74) is 1.01. The molecule has 0 fully saturated rings. The van der Waals surface area contributed by atoms with Crippen molar-refractivity contribution in [1.82, 2.24) is 30.3 Å². The zero-order valence-corrected chi connectivity index (χ0v) is 17.4. The van der Waals surface area contributed by atoms with Crippen molar-refractivity contribution in [1.29, 1.82) is 0 Å². The van der Waals surface area contributed by atoms with Gasteiger partial charge in [0.15, 0.2) is 5.96 Å². The predicted molar refractivity (Wildman–Crippen MR) is 112 cm³/mol. The molecule has 1 unspecified atom stereocenters. The van der Waals surface area contributed by atoms with Gasteiger partial charge >= 0.3 is 0 Å². The van der Waals surface area contributed by atoms with Crippen LogP contribution < -0.4 is 10.6 Å². The minimum Gasteiger partial charge on any atom is -0.356 e. The summed E-state index contributed by atoms with van der Waals surface area (Å²) >= 11 is 0. The Bertz CT molecular complexity index is 946. The summed E-state index contributed by atoms with van der Waals surface area (Å²) in [6.07, 6.45) is 3.44. The van der Waals surface area contributed by atoms with E-state index in [-0.39, 0.29) is 17.9 Å². The van der Waals surface area contributed by atoms with E-state index < -0.39 is 0 Å². The summed E-state index contributed by atoms with van der Waals surface area (Å²) in [7, 11) is 1.75. The van der Waals surface area contributed by atoms with Crippen LogP contribution in [-0.4, -0.2) is 63.6 Å². The van der Waals surface area contributed by atoms with Gasteiger partial charge in [-0.25, -0.2) is 9.67 Å². The number of carbonyl (C=O) groups is 2. The molecule has 0 saturated carbocycles. The second kappa shape index (κ2) is 8.64. The fraction of sp³-hybridized carbons (Fsp3) is 0.476. The Hall–Kier alpha value is -3.23. The van der Waals surface area contributed by atoms with Gasteiger partial charge in [-0.3, -0.25) is 19.5 Å². The zero-order valence-electron chi connectivity index (χ0n) is 17.4. The third-order valence-corrected chi connectivity index (χ3v) is 5.51. The van der Waals surface area contributed by atoms with Crippen LogP contribution in [0.25, 0.3) is 0 Å². The van der Waals surface area contributed by atoms with Gasteiger partial charge in [0.25, 0.3) is 11.8 Å². The van der Waals surface area contributed by atoms with Crippen molar-refractivity contribution in [3.63, 3.8) is 0 Å². The normalized spacial score (nSPS) is 18.4. The Morgan fingerprint density at radius 1 is 1.20 bits per heavy atom. The van der Waals surface area contributed by atoms with Gasteiger partial charge in [-0.15, -0.1) is 0 Å². The number of nitrogens with one attached hydrogen (secondary N) is 2. The van der Waals surface area contributed by atoms with Gasteiger partial charge < -0.3 is 10.6 Å². The van der Waals surface area contributed by atoms with E-state index >= 15 is 0 Å². The van der Waals surface area contributed by atoms with Crippen molar-refractivity contribution >= 4 is 17.8 Å². The highest BCUT2D eigenvalue weighted by Gasteiger charge is 2.34. The molecule has 1 atom stereocenters. The van der Waals surface area contributed by atoms with E-state index in [9.17, 15) is 9.59 Å². The number of unbranched alkanes of at least 4 members (excludes halogenated alkanes) is 1. The molecule has 2 aliphatic rings. The highest BCUT2D eigenvalue weighted by molar-refractivity contribution is 6.21. The third-order valence-electron chi connectivity index (χ3n) is 5.51. The summed E-state index contributed by atoms with van der Waals surface area (Å²) in [6, 6.07) is 7.24. The quantitative estimate of drug-likeness (QED) is 0.321. The Labute approximate surface area is 175 Å². The lowest BCUT2D eigenvalue weighted by Crippen LogP contribution is -2.47. The van der Waals surface area contributed by atoms with Gasteiger partial charge in [0.1, 0.15) is 11.6 Å². The zero-order chi connectivity index (χ0) is 21.1. The summed E-state index contributed by atoms with van der Waals surface area (Å²) in [5.74, 6) is 2.22. The van der Waals surface area contributed by atoms with Crippen LogP contribution in [0, 0.1) is 6.92 Å². The highest BCUT2D eigenvalue weighted by atomic mass is 16.2. The molecule has 4 rings (SSSR count). The van der Waals surface area contributed by atoms with Crippen molar-refractivity contribution in [3.8, 4) is 0 Å². The van der Waals surface area contributed by atoms with Gasteiger partial charge in [0.2, 0.25) is 0 Å². The fourth-order valence-electron chi connectivity index (χ4n) is 3.98. The smallest absolute Gasteiger partial charge is 0.261 e. The lowest BCUT2D eigenvalue weighted by atomic mass is 10.1. The number of carbonyl (C=O) groups excluding carboxylic acids is 2. The van der Waals surface area contributed by atoms with E-state index in [2.05, 4.69) is 25.7 Å². The number of rotatable bonds is 6. The number of aryl methyl sites for hydroxylation is 2. The highest BCUT2D eigenvalue weighted by Crippen LogP contribution is 2.22. The number of aliphatic imine (C=N–C) groups is 1. The van der Waals surface area contributed by atoms with Crippen LogP contribution in [0.4, 0.5) is 0 Å².